The number of aryl methyl sites for hydroxylation is 1. The summed E-state index contributed by atoms with van der Waals surface area (Å²) in [4.78, 5) is 4.48. The van der Waals surface area contributed by atoms with Crippen LogP contribution in [-0.4, -0.2) is 18.6 Å². The molecular weight excluding hydrogens is 232 g/mol. The van der Waals surface area contributed by atoms with Crippen LogP contribution in [0.3, 0.4) is 0 Å². The van der Waals surface area contributed by atoms with Gasteiger partial charge in [0.2, 0.25) is 0 Å². The van der Waals surface area contributed by atoms with Gasteiger partial charge in [-0.3, -0.25) is 4.98 Å². The van der Waals surface area contributed by atoms with Crippen LogP contribution in [-0.2, 0) is 6.42 Å². The Labute approximate surface area is 115 Å². The standard InChI is InChI=1S/C17H22N2/c1-13-8-15-9-14(4-5-16(15)19-11-13)10-17(12-18-2)6-3-7-17/h4-5,8-9,11,18H,3,6-7,10,12H2,1-2H3. The molecule has 1 heterocycles. The highest BCUT2D eigenvalue weighted by Crippen LogP contribution is 2.43. The Hall–Kier alpha value is -1.41. The maximum absolute atomic E-state index is 4.48. The Kier molecular flexibility index (Phi) is 3.28. The van der Waals surface area contributed by atoms with E-state index in [1.165, 1.54) is 42.2 Å². The molecule has 2 nitrogen and oxygen atoms in total. The van der Waals surface area contributed by atoms with Crippen LogP contribution in [0, 0.1) is 12.3 Å². The van der Waals surface area contributed by atoms with Crippen molar-refractivity contribution in [3.63, 3.8) is 0 Å². The summed E-state index contributed by atoms with van der Waals surface area (Å²) in [6.45, 7) is 3.24. The molecule has 19 heavy (non-hydrogen) atoms. The van der Waals surface area contributed by atoms with Gasteiger partial charge in [0, 0.05) is 18.1 Å². The van der Waals surface area contributed by atoms with Gasteiger partial charge in [-0.05, 0) is 68.0 Å². The lowest BCUT2D eigenvalue weighted by atomic mass is 9.65. The molecule has 1 aliphatic rings. The van der Waals surface area contributed by atoms with E-state index in [2.05, 4.69) is 48.5 Å². The Bertz CT molecular complexity index is 585. The number of benzene rings is 1. The number of fused-ring (bicyclic) bond motifs is 1. The van der Waals surface area contributed by atoms with E-state index in [1.807, 2.05) is 6.20 Å². The maximum Gasteiger partial charge on any atom is 0.0702 e. The Morgan fingerprint density at radius 3 is 2.79 bits per heavy atom. The van der Waals surface area contributed by atoms with E-state index in [-0.39, 0.29) is 0 Å². The molecule has 1 N–H and O–H groups in total. The molecule has 1 fully saturated rings. The highest BCUT2D eigenvalue weighted by atomic mass is 14.8. The van der Waals surface area contributed by atoms with Gasteiger partial charge in [0.05, 0.1) is 5.52 Å². The van der Waals surface area contributed by atoms with Crippen LogP contribution in [0.2, 0.25) is 0 Å². The molecule has 0 saturated heterocycles. The average Bonchev–Trinajstić information content (AvgIpc) is 2.36. The number of nitrogens with zero attached hydrogens (tertiary/aromatic N) is 1. The van der Waals surface area contributed by atoms with Crippen molar-refractivity contribution in [3.8, 4) is 0 Å². The average molecular weight is 254 g/mol. The summed E-state index contributed by atoms with van der Waals surface area (Å²) in [5, 5.41) is 4.64. The molecule has 2 heteroatoms. The van der Waals surface area contributed by atoms with Gasteiger partial charge in [0.1, 0.15) is 0 Å². The van der Waals surface area contributed by atoms with Crippen molar-refractivity contribution in [2.75, 3.05) is 13.6 Å². The second-order valence-corrected chi connectivity index (χ2v) is 6.10. The van der Waals surface area contributed by atoms with Crippen LogP contribution in [0.5, 0.6) is 0 Å². The molecule has 0 unspecified atom stereocenters. The molecule has 1 saturated carbocycles. The van der Waals surface area contributed by atoms with Crippen molar-refractivity contribution >= 4 is 10.9 Å². The zero-order valence-electron chi connectivity index (χ0n) is 11.9. The summed E-state index contributed by atoms with van der Waals surface area (Å²) in [6, 6.07) is 8.97. The monoisotopic (exact) mass is 254 g/mol. The lowest BCUT2D eigenvalue weighted by Crippen LogP contribution is -2.40. The van der Waals surface area contributed by atoms with E-state index >= 15 is 0 Å². The molecule has 1 aromatic carbocycles. The van der Waals surface area contributed by atoms with E-state index in [0.717, 1.165) is 12.1 Å². The third kappa shape index (κ3) is 2.50. The highest BCUT2D eigenvalue weighted by molar-refractivity contribution is 5.79. The SMILES string of the molecule is CNCC1(Cc2ccc3ncc(C)cc3c2)CCC1. The largest absolute Gasteiger partial charge is 0.319 e. The van der Waals surface area contributed by atoms with Crippen LogP contribution in [0.4, 0.5) is 0 Å². The fourth-order valence-electron chi connectivity index (χ4n) is 3.30. The molecule has 0 amide bonds. The van der Waals surface area contributed by atoms with Gasteiger partial charge in [-0.2, -0.15) is 0 Å². The predicted molar refractivity (Wildman–Crippen MR) is 80.4 cm³/mol. The summed E-state index contributed by atoms with van der Waals surface area (Å²) in [7, 11) is 2.06. The quantitative estimate of drug-likeness (QED) is 0.903. The molecule has 0 aliphatic heterocycles. The summed E-state index contributed by atoms with van der Waals surface area (Å²) in [6.07, 6.45) is 7.24. The van der Waals surface area contributed by atoms with Gasteiger partial charge in [-0.25, -0.2) is 0 Å². The molecule has 100 valence electrons. The molecule has 0 atom stereocenters. The van der Waals surface area contributed by atoms with Crippen LogP contribution in [0.25, 0.3) is 10.9 Å². The van der Waals surface area contributed by atoms with Gasteiger partial charge in [0.15, 0.2) is 0 Å². The fraction of sp³-hybridized carbons (Fsp3) is 0.471. The van der Waals surface area contributed by atoms with Crippen molar-refractivity contribution in [3.05, 3.63) is 41.6 Å². The summed E-state index contributed by atoms with van der Waals surface area (Å²) in [5.41, 5.74) is 4.29. The topological polar surface area (TPSA) is 24.9 Å². The molecule has 0 spiro atoms. The number of hydrogen-bond acceptors (Lipinski definition) is 2. The van der Waals surface area contributed by atoms with E-state index in [9.17, 15) is 0 Å². The summed E-state index contributed by atoms with van der Waals surface area (Å²) >= 11 is 0. The van der Waals surface area contributed by atoms with Gasteiger partial charge < -0.3 is 5.32 Å². The number of hydrogen-bond donors (Lipinski definition) is 1. The Morgan fingerprint density at radius 2 is 2.11 bits per heavy atom. The lowest BCUT2D eigenvalue weighted by Gasteiger charge is -2.42. The van der Waals surface area contributed by atoms with Crippen molar-refractivity contribution < 1.29 is 0 Å². The van der Waals surface area contributed by atoms with Gasteiger partial charge in [-0.1, -0.05) is 12.5 Å². The van der Waals surface area contributed by atoms with Crippen LogP contribution >= 0.6 is 0 Å². The van der Waals surface area contributed by atoms with E-state index < -0.39 is 0 Å². The van der Waals surface area contributed by atoms with Crippen LogP contribution < -0.4 is 5.32 Å². The summed E-state index contributed by atoms with van der Waals surface area (Å²) < 4.78 is 0. The van der Waals surface area contributed by atoms with E-state index in [4.69, 9.17) is 0 Å². The minimum absolute atomic E-state index is 0.500. The first kappa shape index (κ1) is 12.6. The highest BCUT2D eigenvalue weighted by Gasteiger charge is 2.36. The fourth-order valence-corrected chi connectivity index (χ4v) is 3.30. The van der Waals surface area contributed by atoms with E-state index in [1.54, 1.807) is 0 Å². The second-order valence-electron chi connectivity index (χ2n) is 6.10. The van der Waals surface area contributed by atoms with Crippen molar-refractivity contribution in [1.82, 2.24) is 10.3 Å². The zero-order valence-corrected chi connectivity index (χ0v) is 11.9. The zero-order chi connectivity index (χ0) is 13.3. The minimum Gasteiger partial charge on any atom is -0.319 e. The van der Waals surface area contributed by atoms with Gasteiger partial charge >= 0.3 is 0 Å². The van der Waals surface area contributed by atoms with Crippen LogP contribution in [0.1, 0.15) is 30.4 Å². The van der Waals surface area contributed by atoms with Crippen molar-refractivity contribution in [2.45, 2.75) is 32.6 Å². The van der Waals surface area contributed by atoms with Crippen LogP contribution in [0.15, 0.2) is 30.5 Å². The normalized spacial score (nSPS) is 17.4. The van der Waals surface area contributed by atoms with Crippen molar-refractivity contribution in [1.29, 1.82) is 0 Å². The first-order valence-corrected chi connectivity index (χ1v) is 7.21. The Morgan fingerprint density at radius 1 is 1.26 bits per heavy atom. The molecule has 1 aromatic heterocycles. The third-order valence-electron chi connectivity index (χ3n) is 4.43. The number of pyridine rings is 1. The Balaban J connectivity index is 1.88. The molecule has 1 aliphatic carbocycles. The third-order valence-corrected chi connectivity index (χ3v) is 4.43. The van der Waals surface area contributed by atoms with Gasteiger partial charge in [-0.15, -0.1) is 0 Å². The number of rotatable bonds is 4. The first-order valence-electron chi connectivity index (χ1n) is 7.21. The molecular formula is C17H22N2. The van der Waals surface area contributed by atoms with Crippen molar-refractivity contribution in [2.24, 2.45) is 5.41 Å². The predicted octanol–water partition coefficient (Wildman–Crippen LogP) is 3.48. The van der Waals surface area contributed by atoms with Gasteiger partial charge in [0.25, 0.3) is 0 Å². The lowest BCUT2D eigenvalue weighted by molar-refractivity contribution is 0.133. The number of nitrogens with one attached hydrogen (secondary N) is 1. The molecule has 0 bridgehead atoms. The second kappa shape index (κ2) is 4.93. The van der Waals surface area contributed by atoms with E-state index in [0.29, 0.717) is 5.41 Å². The smallest absolute Gasteiger partial charge is 0.0702 e. The minimum atomic E-state index is 0.500. The molecule has 3 rings (SSSR count). The first-order chi connectivity index (χ1) is 9.21. The maximum atomic E-state index is 4.48. The molecule has 0 radical (unpaired) electrons. The number of aromatic nitrogens is 1. The summed E-state index contributed by atoms with van der Waals surface area (Å²) in [5.74, 6) is 0. The molecule has 2 aromatic rings.